The Morgan fingerprint density at radius 3 is 2.38 bits per heavy atom. The number of benzene rings is 1. The zero-order chi connectivity index (χ0) is 14.8. The monoisotopic (exact) mass is 287 g/mol. The van der Waals surface area contributed by atoms with Gasteiger partial charge in [0.15, 0.2) is 0 Å². The molecule has 1 aliphatic rings. The maximum Gasteiger partial charge on any atom is 0.0205 e. The summed E-state index contributed by atoms with van der Waals surface area (Å²) < 4.78 is 0. The van der Waals surface area contributed by atoms with E-state index in [1.54, 1.807) is 5.56 Å². The highest BCUT2D eigenvalue weighted by Gasteiger charge is 2.23. The van der Waals surface area contributed by atoms with Crippen molar-refractivity contribution >= 4 is 0 Å². The van der Waals surface area contributed by atoms with Crippen LogP contribution in [-0.4, -0.2) is 6.54 Å². The first-order valence-corrected chi connectivity index (χ1v) is 9.19. The molecular formula is C20H33N. The van der Waals surface area contributed by atoms with Crippen molar-refractivity contribution in [3.05, 3.63) is 35.4 Å². The van der Waals surface area contributed by atoms with Gasteiger partial charge in [0, 0.05) is 6.54 Å². The summed E-state index contributed by atoms with van der Waals surface area (Å²) in [6, 6.07) is 9.17. The molecule has 0 spiro atoms. The van der Waals surface area contributed by atoms with Crippen LogP contribution in [0.4, 0.5) is 0 Å². The van der Waals surface area contributed by atoms with Crippen LogP contribution in [0.15, 0.2) is 24.3 Å². The number of rotatable bonds is 12. The minimum atomic E-state index is 0.873. The molecule has 1 heteroatoms. The molecule has 1 nitrogen and oxygen atoms in total. The van der Waals surface area contributed by atoms with Crippen LogP contribution in [0.2, 0.25) is 0 Å². The Morgan fingerprint density at radius 1 is 0.952 bits per heavy atom. The van der Waals surface area contributed by atoms with Crippen molar-refractivity contribution in [2.24, 2.45) is 0 Å². The van der Waals surface area contributed by atoms with Gasteiger partial charge >= 0.3 is 0 Å². The van der Waals surface area contributed by atoms with Crippen molar-refractivity contribution in [1.82, 2.24) is 5.32 Å². The number of unbranched alkanes of at least 4 members (excludes halogenated alkanes) is 7. The first kappa shape index (κ1) is 16.5. The van der Waals surface area contributed by atoms with Gasteiger partial charge in [-0.1, -0.05) is 76.1 Å². The summed E-state index contributed by atoms with van der Waals surface area (Å²) in [6.45, 7) is 4.49. The van der Waals surface area contributed by atoms with Gasteiger partial charge in [-0.2, -0.15) is 0 Å². The van der Waals surface area contributed by atoms with Crippen molar-refractivity contribution in [3.63, 3.8) is 0 Å². The molecule has 0 heterocycles. The van der Waals surface area contributed by atoms with E-state index in [-0.39, 0.29) is 0 Å². The zero-order valence-electron chi connectivity index (χ0n) is 13.9. The molecule has 0 radical (unpaired) electrons. The first-order chi connectivity index (χ1) is 10.4. The minimum absolute atomic E-state index is 0.873. The second-order valence-electron chi connectivity index (χ2n) is 6.67. The van der Waals surface area contributed by atoms with Gasteiger partial charge in [-0.25, -0.2) is 0 Å². The summed E-state index contributed by atoms with van der Waals surface area (Å²) in [5.41, 5.74) is 3.01. The second-order valence-corrected chi connectivity index (χ2v) is 6.67. The second kappa shape index (κ2) is 10.00. The SMILES string of the molecule is CCCCCCCCCCNCc1cccc(C2CC2)c1. The molecule has 0 aromatic heterocycles. The third-order valence-corrected chi connectivity index (χ3v) is 4.54. The molecule has 0 unspecified atom stereocenters. The Balaban J connectivity index is 1.45. The van der Waals surface area contributed by atoms with Crippen LogP contribution >= 0.6 is 0 Å². The Kier molecular flexibility index (Phi) is 7.88. The molecule has 0 aliphatic heterocycles. The molecule has 0 atom stereocenters. The fourth-order valence-electron chi connectivity index (χ4n) is 2.99. The van der Waals surface area contributed by atoms with Gasteiger partial charge < -0.3 is 5.32 Å². The van der Waals surface area contributed by atoms with Gasteiger partial charge in [0.1, 0.15) is 0 Å². The van der Waals surface area contributed by atoms with Crippen molar-refractivity contribution in [2.75, 3.05) is 6.54 Å². The van der Waals surface area contributed by atoms with Crippen LogP contribution in [0, 0.1) is 0 Å². The number of nitrogens with one attached hydrogen (secondary N) is 1. The molecule has 1 aromatic carbocycles. The van der Waals surface area contributed by atoms with Gasteiger partial charge in [-0.3, -0.25) is 0 Å². The number of hydrogen-bond donors (Lipinski definition) is 1. The highest BCUT2D eigenvalue weighted by molar-refractivity contribution is 5.29. The van der Waals surface area contributed by atoms with Crippen LogP contribution in [0.1, 0.15) is 88.2 Å². The summed E-state index contributed by atoms with van der Waals surface area (Å²) in [5.74, 6) is 0.873. The molecule has 1 aliphatic carbocycles. The smallest absolute Gasteiger partial charge is 0.0205 e. The topological polar surface area (TPSA) is 12.0 Å². The van der Waals surface area contributed by atoms with E-state index in [1.165, 1.54) is 76.3 Å². The predicted molar refractivity (Wildman–Crippen MR) is 92.7 cm³/mol. The summed E-state index contributed by atoms with van der Waals surface area (Å²) in [5, 5.41) is 3.60. The van der Waals surface area contributed by atoms with E-state index < -0.39 is 0 Å². The highest BCUT2D eigenvalue weighted by atomic mass is 14.8. The van der Waals surface area contributed by atoms with Crippen LogP contribution in [0.3, 0.4) is 0 Å². The van der Waals surface area contributed by atoms with E-state index in [1.807, 2.05) is 0 Å². The largest absolute Gasteiger partial charge is 0.313 e. The zero-order valence-corrected chi connectivity index (χ0v) is 13.9. The standard InChI is InChI=1S/C20H33N/c1-2-3-4-5-6-7-8-9-15-21-17-18-11-10-12-20(16-18)19-13-14-19/h10-12,16,19,21H,2-9,13-15,17H2,1H3. The van der Waals surface area contributed by atoms with Gasteiger partial charge in [0.2, 0.25) is 0 Å². The number of hydrogen-bond acceptors (Lipinski definition) is 1. The molecule has 1 fully saturated rings. The quantitative estimate of drug-likeness (QED) is 0.479. The molecule has 1 N–H and O–H groups in total. The Hall–Kier alpha value is -0.820. The summed E-state index contributed by atoms with van der Waals surface area (Å²) in [4.78, 5) is 0. The molecule has 21 heavy (non-hydrogen) atoms. The van der Waals surface area contributed by atoms with E-state index in [2.05, 4.69) is 36.5 Å². The molecule has 0 saturated heterocycles. The molecule has 2 rings (SSSR count). The third kappa shape index (κ3) is 7.13. The average Bonchev–Trinajstić information content (AvgIpc) is 3.34. The maximum atomic E-state index is 3.60. The van der Waals surface area contributed by atoms with Crippen LogP contribution in [0.5, 0.6) is 0 Å². The maximum absolute atomic E-state index is 3.60. The Morgan fingerprint density at radius 2 is 1.67 bits per heavy atom. The summed E-state index contributed by atoms with van der Waals surface area (Å²) in [7, 11) is 0. The molecule has 118 valence electrons. The van der Waals surface area contributed by atoms with E-state index in [9.17, 15) is 0 Å². The first-order valence-electron chi connectivity index (χ1n) is 9.19. The molecule has 0 bridgehead atoms. The fourth-order valence-corrected chi connectivity index (χ4v) is 2.99. The average molecular weight is 287 g/mol. The molecule has 0 amide bonds. The normalized spacial score (nSPS) is 14.5. The van der Waals surface area contributed by atoms with Gasteiger partial charge in [-0.15, -0.1) is 0 Å². The lowest BCUT2D eigenvalue weighted by atomic mass is 10.1. The lowest BCUT2D eigenvalue weighted by molar-refractivity contribution is 0.555. The van der Waals surface area contributed by atoms with Gasteiger partial charge in [0.25, 0.3) is 0 Å². The van der Waals surface area contributed by atoms with Crippen LogP contribution in [0.25, 0.3) is 0 Å². The predicted octanol–water partition coefficient (Wildman–Crippen LogP) is 5.79. The van der Waals surface area contributed by atoms with Crippen LogP contribution < -0.4 is 5.32 Å². The van der Waals surface area contributed by atoms with E-state index in [4.69, 9.17) is 0 Å². The fraction of sp³-hybridized carbons (Fsp3) is 0.700. The van der Waals surface area contributed by atoms with E-state index in [0.29, 0.717) is 0 Å². The van der Waals surface area contributed by atoms with Crippen molar-refractivity contribution < 1.29 is 0 Å². The van der Waals surface area contributed by atoms with Crippen molar-refractivity contribution in [3.8, 4) is 0 Å². The minimum Gasteiger partial charge on any atom is -0.313 e. The van der Waals surface area contributed by atoms with E-state index >= 15 is 0 Å². The Bertz CT molecular complexity index is 381. The van der Waals surface area contributed by atoms with E-state index in [0.717, 1.165) is 12.5 Å². The molecule has 1 saturated carbocycles. The van der Waals surface area contributed by atoms with Crippen molar-refractivity contribution in [2.45, 2.75) is 83.6 Å². The van der Waals surface area contributed by atoms with Gasteiger partial charge in [-0.05, 0) is 42.9 Å². The van der Waals surface area contributed by atoms with Crippen molar-refractivity contribution in [1.29, 1.82) is 0 Å². The molecule has 1 aromatic rings. The lowest BCUT2D eigenvalue weighted by Crippen LogP contribution is -2.14. The lowest BCUT2D eigenvalue weighted by Gasteiger charge is -2.07. The Labute approximate surface area is 131 Å². The van der Waals surface area contributed by atoms with Crippen LogP contribution in [-0.2, 0) is 6.54 Å². The summed E-state index contributed by atoms with van der Waals surface area (Å²) in [6.07, 6.45) is 14.0. The highest BCUT2D eigenvalue weighted by Crippen LogP contribution is 2.40. The summed E-state index contributed by atoms with van der Waals surface area (Å²) >= 11 is 0. The van der Waals surface area contributed by atoms with Gasteiger partial charge in [0.05, 0.1) is 0 Å². The third-order valence-electron chi connectivity index (χ3n) is 4.54. The molecular weight excluding hydrogens is 254 g/mol.